The number of aliphatic imine (C=N–C) groups is 1. The van der Waals surface area contributed by atoms with Gasteiger partial charge in [0.25, 0.3) is 0 Å². The summed E-state index contributed by atoms with van der Waals surface area (Å²) in [5.74, 6) is 1.38. The minimum atomic E-state index is -0.0897. The summed E-state index contributed by atoms with van der Waals surface area (Å²) < 4.78 is 10.6. The lowest BCUT2D eigenvalue weighted by molar-refractivity contribution is -0.146. The fraction of sp³-hybridized carbons (Fsp3) is 0.889. The number of guanidine groups is 1. The van der Waals surface area contributed by atoms with Crippen LogP contribution in [0, 0.1) is 11.8 Å². The Hall–Kier alpha value is -1.30. The SMILES string of the molecule is CCNC(=NCCC(OCC)C(C)C)N1CCC(C(=O)OC)CC1. The van der Waals surface area contributed by atoms with Crippen LogP contribution in [-0.2, 0) is 14.3 Å². The van der Waals surface area contributed by atoms with E-state index in [0.29, 0.717) is 5.92 Å². The number of methoxy groups -OCH3 is 1. The van der Waals surface area contributed by atoms with Gasteiger partial charge in [0.15, 0.2) is 5.96 Å². The Morgan fingerprint density at radius 3 is 2.46 bits per heavy atom. The topological polar surface area (TPSA) is 63.2 Å². The molecule has 1 rings (SSSR count). The van der Waals surface area contributed by atoms with Crippen LogP contribution in [-0.4, -0.2) is 62.8 Å². The number of nitrogens with zero attached hydrogens (tertiary/aromatic N) is 2. The molecule has 0 spiro atoms. The van der Waals surface area contributed by atoms with Crippen LogP contribution in [0.2, 0.25) is 0 Å². The van der Waals surface area contributed by atoms with E-state index in [9.17, 15) is 4.79 Å². The summed E-state index contributed by atoms with van der Waals surface area (Å²) in [6.45, 7) is 12.5. The van der Waals surface area contributed by atoms with E-state index >= 15 is 0 Å². The molecule has 1 heterocycles. The maximum absolute atomic E-state index is 11.6. The molecule has 0 aromatic carbocycles. The Morgan fingerprint density at radius 2 is 1.96 bits per heavy atom. The smallest absolute Gasteiger partial charge is 0.308 e. The molecule has 1 aliphatic heterocycles. The summed E-state index contributed by atoms with van der Waals surface area (Å²) in [5, 5.41) is 3.36. The molecule has 1 saturated heterocycles. The summed E-state index contributed by atoms with van der Waals surface area (Å²) in [5.41, 5.74) is 0. The highest BCUT2D eigenvalue weighted by atomic mass is 16.5. The van der Waals surface area contributed by atoms with E-state index in [-0.39, 0.29) is 18.0 Å². The van der Waals surface area contributed by atoms with Gasteiger partial charge in [0.2, 0.25) is 0 Å². The molecule has 0 bridgehead atoms. The van der Waals surface area contributed by atoms with E-state index in [1.807, 2.05) is 6.92 Å². The van der Waals surface area contributed by atoms with E-state index in [4.69, 9.17) is 14.5 Å². The summed E-state index contributed by atoms with van der Waals surface area (Å²) in [7, 11) is 1.46. The predicted octanol–water partition coefficient (Wildman–Crippen LogP) is 2.29. The molecule has 0 radical (unpaired) electrons. The van der Waals surface area contributed by atoms with Crippen LogP contribution < -0.4 is 5.32 Å². The molecule has 1 fully saturated rings. The summed E-state index contributed by atoms with van der Waals surface area (Å²) >= 11 is 0. The van der Waals surface area contributed by atoms with Crippen LogP contribution in [0.15, 0.2) is 4.99 Å². The van der Waals surface area contributed by atoms with Gasteiger partial charge in [0.05, 0.1) is 19.1 Å². The average molecular weight is 341 g/mol. The second-order valence-electron chi connectivity index (χ2n) is 6.55. The number of ether oxygens (including phenoxy) is 2. The normalized spacial score (nSPS) is 17.9. The third-order valence-electron chi connectivity index (χ3n) is 4.46. The molecule has 6 nitrogen and oxygen atoms in total. The molecule has 0 aromatic rings. The van der Waals surface area contributed by atoms with Crippen molar-refractivity contribution < 1.29 is 14.3 Å². The highest BCUT2D eigenvalue weighted by Gasteiger charge is 2.27. The minimum Gasteiger partial charge on any atom is -0.469 e. The van der Waals surface area contributed by atoms with Gasteiger partial charge in [-0.15, -0.1) is 0 Å². The van der Waals surface area contributed by atoms with Crippen molar-refractivity contribution in [1.29, 1.82) is 0 Å². The van der Waals surface area contributed by atoms with Gasteiger partial charge in [-0.2, -0.15) is 0 Å². The van der Waals surface area contributed by atoms with Crippen LogP contribution in [0.3, 0.4) is 0 Å². The number of nitrogens with one attached hydrogen (secondary N) is 1. The predicted molar refractivity (Wildman–Crippen MR) is 97.2 cm³/mol. The number of hydrogen-bond donors (Lipinski definition) is 1. The second kappa shape index (κ2) is 11.3. The molecular weight excluding hydrogens is 306 g/mol. The number of carbonyl (C=O) groups excluding carboxylic acids is 1. The van der Waals surface area contributed by atoms with Gasteiger partial charge in [-0.25, -0.2) is 0 Å². The zero-order chi connectivity index (χ0) is 17.9. The van der Waals surface area contributed by atoms with Crippen LogP contribution in [0.25, 0.3) is 0 Å². The van der Waals surface area contributed by atoms with Gasteiger partial charge in [-0.05, 0) is 39.0 Å². The van der Waals surface area contributed by atoms with Crippen molar-refractivity contribution in [2.75, 3.05) is 39.9 Å². The molecule has 1 unspecified atom stereocenters. The average Bonchev–Trinajstić information content (AvgIpc) is 2.59. The Labute approximate surface area is 147 Å². The molecule has 0 aromatic heterocycles. The van der Waals surface area contributed by atoms with Crippen molar-refractivity contribution in [2.24, 2.45) is 16.8 Å². The number of hydrogen-bond acceptors (Lipinski definition) is 4. The molecule has 0 amide bonds. The summed E-state index contributed by atoms with van der Waals surface area (Å²) in [6.07, 6.45) is 2.83. The van der Waals surface area contributed by atoms with Gasteiger partial charge in [-0.1, -0.05) is 13.8 Å². The largest absolute Gasteiger partial charge is 0.469 e. The summed E-state index contributed by atoms with van der Waals surface area (Å²) in [4.78, 5) is 18.7. The first kappa shape index (κ1) is 20.7. The lowest BCUT2D eigenvalue weighted by Gasteiger charge is -2.33. The fourth-order valence-electron chi connectivity index (χ4n) is 3.04. The lowest BCUT2D eigenvalue weighted by Crippen LogP contribution is -2.46. The number of carbonyl (C=O) groups is 1. The van der Waals surface area contributed by atoms with Crippen molar-refractivity contribution in [3.8, 4) is 0 Å². The highest BCUT2D eigenvalue weighted by molar-refractivity contribution is 5.80. The molecular formula is C18H35N3O3. The second-order valence-corrected chi connectivity index (χ2v) is 6.55. The van der Waals surface area contributed by atoms with Gasteiger partial charge in [0, 0.05) is 32.8 Å². The Morgan fingerprint density at radius 1 is 1.29 bits per heavy atom. The number of esters is 1. The first-order chi connectivity index (χ1) is 11.5. The van der Waals surface area contributed by atoms with E-state index < -0.39 is 0 Å². The van der Waals surface area contributed by atoms with Gasteiger partial charge < -0.3 is 19.7 Å². The standard InChI is InChI=1S/C18H35N3O3/c1-6-19-18(20-11-8-16(14(3)4)24-7-2)21-12-9-15(10-13-21)17(22)23-5/h14-16H,6-13H2,1-5H3,(H,19,20). The number of likely N-dealkylation sites (tertiary alicyclic amines) is 1. The third kappa shape index (κ3) is 6.67. The molecule has 6 heteroatoms. The van der Waals surface area contributed by atoms with E-state index in [1.54, 1.807) is 0 Å². The van der Waals surface area contributed by atoms with Crippen molar-refractivity contribution in [2.45, 2.75) is 53.1 Å². The Kier molecular flexibility index (Phi) is 9.76. The maximum Gasteiger partial charge on any atom is 0.308 e. The molecule has 0 saturated carbocycles. The van der Waals surface area contributed by atoms with Gasteiger partial charge in [0.1, 0.15) is 0 Å². The van der Waals surface area contributed by atoms with Crippen molar-refractivity contribution in [3.63, 3.8) is 0 Å². The lowest BCUT2D eigenvalue weighted by atomic mass is 9.97. The molecule has 1 aliphatic rings. The van der Waals surface area contributed by atoms with Crippen LogP contribution in [0.5, 0.6) is 0 Å². The minimum absolute atomic E-state index is 0.0254. The quantitative estimate of drug-likeness (QED) is 0.417. The van der Waals surface area contributed by atoms with Crippen LogP contribution >= 0.6 is 0 Å². The number of rotatable bonds is 8. The first-order valence-corrected chi connectivity index (χ1v) is 9.26. The molecule has 24 heavy (non-hydrogen) atoms. The van der Waals surface area contributed by atoms with Crippen molar-refractivity contribution >= 4 is 11.9 Å². The molecule has 1 atom stereocenters. The molecule has 0 aliphatic carbocycles. The van der Waals surface area contributed by atoms with E-state index in [0.717, 1.165) is 58.0 Å². The Balaban J connectivity index is 2.55. The number of piperidine rings is 1. The molecule has 1 N–H and O–H groups in total. The monoisotopic (exact) mass is 341 g/mol. The van der Waals surface area contributed by atoms with E-state index in [1.165, 1.54) is 7.11 Å². The van der Waals surface area contributed by atoms with Gasteiger partial charge in [-0.3, -0.25) is 9.79 Å². The molecule has 140 valence electrons. The first-order valence-electron chi connectivity index (χ1n) is 9.26. The van der Waals surface area contributed by atoms with Crippen molar-refractivity contribution in [1.82, 2.24) is 10.2 Å². The summed E-state index contributed by atoms with van der Waals surface area (Å²) in [6, 6.07) is 0. The van der Waals surface area contributed by atoms with E-state index in [2.05, 4.69) is 31.0 Å². The zero-order valence-electron chi connectivity index (χ0n) is 16.0. The van der Waals surface area contributed by atoms with Crippen LogP contribution in [0.4, 0.5) is 0 Å². The third-order valence-corrected chi connectivity index (χ3v) is 4.46. The maximum atomic E-state index is 11.6. The van der Waals surface area contributed by atoms with Gasteiger partial charge >= 0.3 is 5.97 Å². The van der Waals surface area contributed by atoms with Crippen molar-refractivity contribution in [3.05, 3.63) is 0 Å². The Bertz CT molecular complexity index is 391. The fourth-order valence-corrected chi connectivity index (χ4v) is 3.04. The highest BCUT2D eigenvalue weighted by Crippen LogP contribution is 2.18. The zero-order valence-corrected chi connectivity index (χ0v) is 16.0. The van der Waals surface area contributed by atoms with Crippen LogP contribution in [0.1, 0.15) is 47.0 Å².